The number of hydrogen-bond donors (Lipinski definition) is 0. The third-order valence-electron chi connectivity index (χ3n) is 5.07. The maximum absolute atomic E-state index is 12.7. The van der Waals surface area contributed by atoms with Crippen LogP contribution < -0.4 is 0 Å². The van der Waals surface area contributed by atoms with Crippen molar-refractivity contribution in [2.24, 2.45) is 0 Å². The van der Waals surface area contributed by atoms with Crippen LogP contribution >= 0.6 is 0 Å². The lowest BCUT2D eigenvalue weighted by atomic mass is 10.0. The van der Waals surface area contributed by atoms with E-state index in [1.54, 1.807) is 0 Å². The van der Waals surface area contributed by atoms with Crippen LogP contribution in [-0.2, 0) is 4.79 Å². The molecule has 1 aromatic heterocycles. The van der Waals surface area contributed by atoms with Crippen LogP contribution in [0, 0.1) is 6.92 Å². The maximum atomic E-state index is 12.7. The molecule has 0 saturated carbocycles. The largest absolute Gasteiger partial charge is 0.337 e. The molecule has 0 bridgehead atoms. The summed E-state index contributed by atoms with van der Waals surface area (Å²) in [4.78, 5) is 19.3. The van der Waals surface area contributed by atoms with E-state index < -0.39 is 0 Å². The van der Waals surface area contributed by atoms with Crippen LogP contribution in [0.5, 0.6) is 0 Å². The lowest BCUT2D eigenvalue weighted by Gasteiger charge is -2.33. The normalized spacial score (nSPS) is 17.5. The number of unbranched alkanes of at least 4 members (excludes halogenated alkanes) is 3. The molecule has 5 heteroatoms. The van der Waals surface area contributed by atoms with Gasteiger partial charge in [-0.1, -0.05) is 55.1 Å². The Morgan fingerprint density at radius 1 is 1.27 bits per heavy atom. The van der Waals surface area contributed by atoms with Crippen molar-refractivity contribution < 1.29 is 9.32 Å². The van der Waals surface area contributed by atoms with Crippen LogP contribution in [0.2, 0.25) is 0 Å². The van der Waals surface area contributed by atoms with Crippen LogP contribution in [0.4, 0.5) is 0 Å². The summed E-state index contributed by atoms with van der Waals surface area (Å²) in [6.07, 6.45) is 8.13. The van der Waals surface area contributed by atoms with E-state index in [9.17, 15) is 4.79 Å². The minimum atomic E-state index is -0.0755. The molecule has 1 aliphatic rings. The number of carbonyl (C=O) groups excluding carboxylic acids is 1. The number of hydrogen-bond acceptors (Lipinski definition) is 4. The third kappa shape index (κ3) is 4.51. The Bertz CT molecular complexity index is 726. The summed E-state index contributed by atoms with van der Waals surface area (Å²) in [6, 6.07) is 8.00. The van der Waals surface area contributed by atoms with Crippen LogP contribution in [0.1, 0.15) is 75.8 Å². The third-order valence-corrected chi connectivity index (χ3v) is 5.07. The van der Waals surface area contributed by atoms with Gasteiger partial charge in [0, 0.05) is 18.5 Å². The Morgan fingerprint density at radius 3 is 2.96 bits per heavy atom. The molecule has 2 aromatic rings. The van der Waals surface area contributed by atoms with Gasteiger partial charge < -0.3 is 9.42 Å². The van der Waals surface area contributed by atoms with Gasteiger partial charge in [-0.3, -0.25) is 4.79 Å². The first-order chi connectivity index (χ1) is 12.7. The Morgan fingerprint density at radius 2 is 2.15 bits per heavy atom. The minimum Gasteiger partial charge on any atom is -0.337 e. The van der Waals surface area contributed by atoms with E-state index >= 15 is 0 Å². The Balaban J connectivity index is 1.71. The number of benzene rings is 1. The van der Waals surface area contributed by atoms with Crippen molar-refractivity contribution >= 4 is 5.91 Å². The maximum Gasteiger partial charge on any atom is 0.249 e. The molecule has 1 fully saturated rings. The Hall–Kier alpha value is -2.17. The van der Waals surface area contributed by atoms with Gasteiger partial charge in [0.25, 0.3) is 0 Å². The summed E-state index contributed by atoms with van der Waals surface area (Å²) in [7, 11) is 0. The van der Waals surface area contributed by atoms with Crippen LogP contribution in [0.3, 0.4) is 0 Å². The van der Waals surface area contributed by atoms with Gasteiger partial charge >= 0.3 is 0 Å². The number of piperidine rings is 1. The van der Waals surface area contributed by atoms with Gasteiger partial charge in [0.1, 0.15) is 6.04 Å². The zero-order valence-electron chi connectivity index (χ0n) is 15.9. The molecule has 0 unspecified atom stereocenters. The van der Waals surface area contributed by atoms with Crippen molar-refractivity contribution in [1.82, 2.24) is 15.0 Å². The Kier molecular flexibility index (Phi) is 6.42. The highest BCUT2D eigenvalue weighted by atomic mass is 16.5. The van der Waals surface area contributed by atoms with Gasteiger partial charge in [-0.2, -0.15) is 4.98 Å². The molecule has 0 N–H and O–H groups in total. The standard InChI is InChI=1S/C21H29N3O2/c1-3-4-5-6-13-19(25)24-14-8-7-12-18(24)21-22-20(23-26-21)17-11-9-10-16(2)15-17/h9-11,15,18H,3-8,12-14H2,1-2H3/t18-/m1/s1. The first-order valence-electron chi connectivity index (χ1n) is 9.89. The average Bonchev–Trinajstić information content (AvgIpc) is 3.15. The highest BCUT2D eigenvalue weighted by Gasteiger charge is 2.31. The Labute approximate surface area is 155 Å². The fourth-order valence-corrected chi connectivity index (χ4v) is 3.61. The van der Waals surface area contributed by atoms with E-state index in [1.165, 1.54) is 12.8 Å². The van der Waals surface area contributed by atoms with Gasteiger partial charge in [0.15, 0.2) is 0 Å². The topological polar surface area (TPSA) is 59.2 Å². The molecule has 26 heavy (non-hydrogen) atoms. The molecule has 0 spiro atoms. The molecule has 140 valence electrons. The summed E-state index contributed by atoms with van der Waals surface area (Å²) < 4.78 is 5.57. The molecule has 0 radical (unpaired) electrons. The molecule has 1 aliphatic heterocycles. The zero-order chi connectivity index (χ0) is 18.4. The number of aromatic nitrogens is 2. The molecule has 5 nitrogen and oxygen atoms in total. The second-order valence-electron chi connectivity index (χ2n) is 7.24. The molecular weight excluding hydrogens is 326 g/mol. The smallest absolute Gasteiger partial charge is 0.249 e. The fraction of sp³-hybridized carbons (Fsp3) is 0.571. The molecular formula is C21H29N3O2. The van der Waals surface area contributed by atoms with E-state index in [4.69, 9.17) is 4.52 Å². The highest BCUT2D eigenvalue weighted by Crippen LogP contribution is 2.32. The van der Waals surface area contributed by atoms with Crippen molar-refractivity contribution in [2.45, 2.75) is 71.3 Å². The van der Waals surface area contributed by atoms with Gasteiger partial charge in [-0.25, -0.2) is 0 Å². The van der Waals surface area contributed by atoms with Crippen LogP contribution in [0.15, 0.2) is 28.8 Å². The van der Waals surface area contributed by atoms with Gasteiger partial charge in [-0.05, 0) is 38.7 Å². The van der Waals surface area contributed by atoms with Crippen LogP contribution in [0.25, 0.3) is 11.4 Å². The number of nitrogens with zero attached hydrogens (tertiary/aromatic N) is 3. The van der Waals surface area contributed by atoms with Crippen LogP contribution in [-0.4, -0.2) is 27.5 Å². The first-order valence-corrected chi connectivity index (χ1v) is 9.89. The van der Waals surface area contributed by atoms with E-state index in [0.717, 1.165) is 49.8 Å². The SMILES string of the molecule is CCCCCCC(=O)N1CCCC[C@@H]1c1nc(-c2cccc(C)c2)no1. The van der Waals surface area contributed by atoms with E-state index in [2.05, 4.69) is 17.1 Å². The lowest BCUT2D eigenvalue weighted by Crippen LogP contribution is -2.38. The molecule has 1 aromatic carbocycles. The van der Waals surface area contributed by atoms with Crippen molar-refractivity contribution in [3.8, 4) is 11.4 Å². The molecule has 1 saturated heterocycles. The van der Waals surface area contributed by atoms with E-state index in [1.807, 2.05) is 36.1 Å². The van der Waals surface area contributed by atoms with Crippen molar-refractivity contribution in [3.05, 3.63) is 35.7 Å². The summed E-state index contributed by atoms with van der Waals surface area (Å²) in [5.41, 5.74) is 2.11. The van der Waals surface area contributed by atoms with Crippen molar-refractivity contribution in [1.29, 1.82) is 0 Å². The van der Waals surface area contributed by atoms with Crippen molar-refractivity contribution in [2.75, 3.05) is 6.54 Å². The number of aryl methyl sites for hydroxylation is 1. The van der Waals surface area contributed by atoms with E-state index in [-0.39, 0.29) is 11.9 Å². The number of carbonyl (C=O) groups is 1. The molecule has 0 aliphatic carbocycles. The summed E-state index contributed by atoms with van der Waals surface area (Å²) in [5.74, 6) is 1.40. The second-order valence-corrected chi connectivity index (χ2v) is 7.24. The number of rotatable bonds is 7. The van der Waals surface area contributed by atoms with Gasteiger partial charge in [-0.15, -0.1) is 0 Å². The molecule has 1 amide bonds. The lowest BCUT2D eigenvalue weighted by molar-refractivity contribution is -0.135. The van der Waals surface area contributed by atoms with Gasteiger partial charge in [0.2, 0.25) is 17.6 Å². The number of amides is 1. The zero-order valence-corrected chi connectivity index (χ0v) is 15.9. The molecule has 1 atom stereocenters. The fourth-order valence-electron chi connectivity index (χ4n) is 3.61. The minimum absolute atomic E-state index is 0.0755. The first kappa shape index (κ1) is 18.6. The van der Waals surface area contributed by atoms with E-state index in [0.29, 0.717) is 18.1 Å². The second kappa shape index (κ2) is 8.97. The predicted octanol–water partition coefficient (Wildman–Crippen LogP) is 5.07. The average molecular weight is 355 g/mol. The highest BCUT2D eigenvalue weighted by molar-refractivity contribution is 5.76. The van der Waals surface area contributed by atoms with Crippen molar-refractivity contribution in [3.63, 3.8) is 0 Å². The monoisotopic (exact) mass is 355 g/mol. The predicted molar refractivity (Wildman–Crippen MR) is 102 cm³/mol. The summed E-state index contributed by atoms with van der Waals surface area (Å²) >= 11 is 0. The summed E-state index contributed by atoms with van der Waals surface area (Å²) in [6.45, 7) is 5.02. The van der Waals surface area contributed by atoms with Gasteiger partial charge in [0.05, 0.1) is 0 Å². The summed E-state index contributed by atoms with van der Waals surface area (Å²) in [5, 5.41) is 4.16. The molecule has 3 rings (SSSR count). The quantitative estimate of drug-likeness (QED) is 0.651. The molecule has 2 heterocycles. The number of likely N-dealkylation sites (tertiary alicyclic amines) is 1.